The molecule has 1 aliphatic heterocycles. The van der Waals surface area contributed by atoms with Crippen molar-refractivity contribution in [2.24, 2.45) is 13.0 Å². The van der Waals surface area contributed by atoms with Gasteiger partial charge in [0.05, 0.1) is 13.2 Å². The Morgan fingerprint density at radius 3 is 2.67 bits per heavy atom. The summed E-state index contributed by atoms with van der Waals surface area (Å²) < 4.78 is 12.9. The van der Waals surface area contributed by atoms with Gasteiger partial charge >= 0.3 is 6.09 Å². The van der Waals surface area contributed by atoms with Crippen LogP contribution in [-0.4, -0.2) is 70.0 Å². The summed E-state index contributed by atoms with van der Waals surface area (Å²) in [5, 5.41) is 12.6. The van der Waals surface area contributed by atoms with Gasteiger partial charge in [0.25, 0.3) is 0 Å². The maximum absolute atomic E-state index is 12.4. The van der Waals surface area contributed by atoms with Gasteiger partial charge in [-0.3, -0.25) is 4.90 Å². The molecule has 1 saturated carbocycles. The van der Waals surface area contributed by atoms with Gasteiger partial charge in [-0.2, -0.15) is 0 Å². The van der Waals surface area contributed by atoms with Crippen molar-refractivity contribution in [3.63, 3.8) is 0 Å². The first-order chi connectivity index (χ1) is 12.8. The predicted molar refractivity (Wildman–Crippen MR) is 104 cm³/mol. The maximum Gasteiger partial charge on any atom is 0.408 e. The molecule has 3 rings (SSSR count). The normalized spacial score (nSPS) is 19.7. The maximum atomic E-state index is 12.4. The molecule has 1 aromatic heterocycles. The number of hydrogen-bond donors (Lipinski definition) is 1. The predicted octanol–water partition coefficient (Wildman–Crippen LogP) is 2.22. The average molecular weight is 398 g/mol. The van der Waals surface area contributed by atoms with Gasteiger partial charge in [0.2, 0.25) is 0 Å². The Kier molecular flexibility index (Phi) is 6.65. The first-order valence-electron chi connectivity index (χ1n) is 9.63. The average Bonchev–Trinajstić information content (AvgIpc) is 3.34. The summed E-state index contributed by atoms with van der Waals surface area (Å²) in [6.45, 7) is 9.33. The topological polar surface area (TPSA) is 81.5 Å². The highest BCUT2D eigenvalue weighted by Crippen LogP contribution is 2.34. The molecular weight excluding hydrogens is 366 g/mol. The second-order valence-electron chi connectivity index (χ2n) is 8.27. The molecule has 1 amide bonds. The zero-order chi connectivity index (χ0) is 19.4. The van der Waals surface area contributed by atoms with Gasteiger partial charge < -0.3 is 19.4 Å². The first kappa shape index (κ1) is 20.4. The van der Waals surface area contributed by atoms with E-state index in [1.54, 1.807) is 11.8 Å². The lowest BCUT2D eigenvalue weighted by Crippen LogP contribution is -2.45. The number of morpholine rings is 1. The van der Waals surface area contributed by atoms with Crippen LogP contribution in [0.4, 0.5) is 4.79 Å². The number of carbonyl (C=O) groups excluding carboxylic acids is 1. The molecule has 2 aliphatic rings. The van der Waals surface area contributed by atoms with E-state index in [1.807, 2.05) is 32.4 Å². The number of carbonyl (C=O) groups is 1. The number of alkyl carbamates (subject to hydrolysis) is 1. The third kappa shape index (κ3) is 6.36. The number of aromatic nitrogens is 3. The minimum Gasteiger partial charge on any atom is -0.444 e. The fourth-order valence-electron chi connectivity index (χ4n) is 2.92. The Balaban J connectivity index is 1.70. The van der Waals surface area contributed by atoms with Crippen LogP contribution in [-0.2, 0) is 16.5 Å². The molecule has 2 heterocycles. The number of amides is 1. The standard InChI is InChI=1S/C18H31N5O3S/c1-18(2,3)26-17(24)19-14(11-23-7-9-25-10-8-23)15-20-21-16(22(15)4)27-12-13-5-6-13/h13-14H,5-12H2,1-4H3,(H,19,24)/t14-/m0/s1. The molecule has 0 bridgehead atoms. The highest BCUT2D eigenvalue weighted by atomic mass is 32.2. The van der Waals surface area contributed by atoms with Crippen LogP contribution < -0.4 is 5.32 Å². The molecule has 0 aromatic carbocycles. The molecular formula is C18H31N5O3S. The van der Waals surface area contributed by atoms with Crippen molar-refractivity contribution in [1.82, 2.24) is 25.0 Å². The molecule has 9 heteroatoms. The van der Waals surface area contributed by atoms with E-state index in [0.717, 1.165) is 35.7 Å². The monoisotopic (exact) mass is 397 g/mol. The van der Waals surface area contributed by atoms with Gasteiger partial charge in [0, 0.05) is 32.4 Å². The van der Waals surface area contributed by atoms with Crippen LogP contribution in [0.5, 0.6) is 0 Å². The van der Waals surface area contributed by atoms with Gasteiger partial charge in [-0.25, -0.2) is 4.79 Å². The second kappa shape index (κ2) is 8.79. The summed E-state index contributed by atoms with van der Waals surface area (Å²) in [6, 6.07) is -0.286. The molecule has 1 atom stereocenters. The van der Waals surface area contributed by atoms with Crippen LogP contribution >= 0.6 is 11.8 Å². The van der Waals surface area contributed by atoms with Crippen LogP contribution in [0.1, 0.15) is 45.5 Å². The molecule has 27 heavy (non-hydrogen) atoms. The molecule has 1 aliphatic carbocycles. The summed E-state index contributed by atoms with van der Waals surface area (Å²) in [7, 11) is 1.97. The first-order valence-corrected chi connectivity index (χ1v) is 10.6. The second-order valence-corrected chi connectivity index (χ2v) is 9.25. The Morgan fingerprint density at radius 1 is 1.33 bits per heavy atom. The van der Waals surface area contributed by atoms with E-state index >= 15 is 0 Å². The van der Waals surface area contributed by atoms with Gasteiger partial charge in [0.1, 0.15) is 11.6 Å². The summed E-state index contributed by atoms with van der Waals surface area (Å²) in [5.74, 6) is 2.66. The number of nitrogens with zero attached hydrogens (tertiary/aromatic N) is 4. The number of rotatable bonds is 7. The van der Waals surface area contributed by atoms with E-state index in [4.69, 9.17) is 9.47 Å². The van der Waals surface area contributed by atoms with Gasteiger partial charge in [-0.1, -0.05) is 11.8 Å². The third-order valence-corrected chi connectivity index (χ3v) is 5.81. The van der Waals surface area contributed by atoms with Crippen LogP contribution in [0.3, 0.4) is 0 Å². The van der Waals surface area contributed by atoms with Crippen molar-refractivity contribution >= 4 is 17.9 Å². The van der Waals surface area contributed by atoms with E-state index < -0.39 is 11.7 Å². The van der Waals surface area contributed by atoms with Crippen molar-refractivity contribution < 1.29 is 14.3 Å². The largest absolute Gasteiger partial charge is 0.444 e. The summed E-state index contributed by atoms with van der Waals surface area (Å²) >= 11 is 1.74. The summed E-state index contributed by atoms with van der Waals surface area (Å²) in [4.78, 5) is 14.7. The molecule has 2 fully saturated rings. The Hall–Kier alpha value is -1.32. The molecule has 1 saturated heterocycles. The van der Waals surface area contributed by atoms with Crippen molar-refractivity contribution in [2.75, 3.05) is 38.6 Å². The number of thioether (sulfide) groups is 1. The molecule has 152 valence electrons. The number of hydrogen-bond acceptors (Lipinski definition) is 7. The Labute approximate surface area is 165 Å². The lowest BCUT2D eigenvalue weighted by molar-refractivity contribution is 0.0280. The van der Waals surface area contributed by atoms with Gasteiger partial charge in [0.15, 0.2) is 11.0 Å². The van der Waals surface area contributed by atoms with Gasteiger partial charge in [-0.05, 0) is 39.5 Å². The number of ether oxygens (including phenoxy) is 2. The lowest BCUT2D eigenvalue weighted by atomic mass is 10.2. The summed E-state index contributed by atoms with van der Waals surface area (Å²) in [5.41, 5.74) is -0.543. The highest BCUT2D eigenvalue weighted by molar-refractivity contribution is 7.99. The van der Waals surface area contributed by atoms with Crippen molar-refractivity contribution in [3.05, 3.63) is 5.82 Å². The molecule has 0 unspecified atom stereocenters. The van der Waals surface area contributed by atoms with Crippen molar-refractivity contribution in [1.29, 1.82) is 0 Å². The third-order valence-electron chi connectivity index (χ3n) is 4.56. The molecule has 0 radical (unpaired) electrons. The minimum atomic E-state index is -0.543. The van der Waals surface area contributed by atoms with E-state index in [1.165, 1.54) is 12.8 Å². The van der Waals surface area contributed by atoms with Crippen LogP contribution in [0.15, 0.2) is 5.16 Å². The fraction of sp³-hybridized carbons (Fsp3) is 0.833. The summed E-state index contributed by atoms with van der Waals surface area (Å²) in [6.07, 6.45) is 2.20. The molecule has 0 spiro atoms. The van der Waals surface area contributed by atoms with Crippen LogP contribution in [0.25, 0.3) is 0 Å². The Morgan fingerprint density at radius 2 is 2.04 bits per heavy atom. The van der Waals surface area contributed by atoms with Crippen molar-refractivity contribution in [2.45, 2.75) is 50.4 Å². The smallest absolute Gasteiger partial charge is 0.408 e. The van der Waals surface area contributed by atoms with Crippen molar-refractivity contribution in [3.8, 4) is 0 Å². The van der Waals surface area contributed by atoms with Crippen LogP contribution in [0.2, 0.25) is 0 Å². The fourth-order valence-corrected chi connectivity index (χ4v) is 4.02. The van der Waals surface area contributed by atoms with E-state index in [0.29, 0.717) is 19.8 Å². The lowest BCUT2D eigenvalue weighted by Gasteiger charge is -2.31. The molecule has 1 aromatic rings. The quantitative estimate of drug-likeness (QED) is 0.707. The zero-order valence-electron chi connectivity index (χ0n) is 16.7. The number of nitrogens with one attached hydrogen (secondary N) is 1. The van der Waals surface area contributed by atoms with E-state index in [2.05, 4.69) is 20.4 Å². The Bertz CT molecular complexity index is 635. The zero-order valence-corrected chi connectivity index (χ0v) is 17.5. The van der Waals surface area contributed by atoms with E-state index in [-0.39, 0.29) is 6.04 Å². The molecule has 8 nitrogen and oxygen atoms in total. The molecule has 1 N–H and O–H groups in total. The van der Waals surface area contributed by atoms with Crippen LogP contribution in [0, 0.1) is 5.92 Å². The van der Waals surface area contributed by atoms with Gasteiger partial charge in [-0.15, -0.1) is 10.2 Å². The minimum absolute atomic E-state index is 0.286. The SMILES string of the molecule is Cn1c(SCC2CC2)nnc1[C@H](CN1CCOCC1)NC(=O)OC(C)(C)C. The van der Waals surface area contributed by atoms with E-state index in [9.17, 15) is 4.79 Å². The highest BCUT2D eigenvalue weighted by Gasteiger charge is 2.28.